The maximum atomic E-state index is 12.8. The minimum atomic E-state index is -0.172. The molecule has 2 N–H and O–H groups in total. The molecule has 1 aromatic carbocycles. The summed E-state index contributed by atoms with van der Waals surface area (Å²) in [5.74, 6) is -0.172. The number of halogens is 1. The number of nitrogens with two attached hydrogens (primary N) is 1. The third-order valence-electron chi connectivity index (χ3n) is 3.32. The molecule has 1 aromatic rings. The van der Waals surface area contributed by atoms with Gasteiger partial charge < -0.3 is 5.73 Å². The molecule has 1 unspecified atom stereocenters. The average Bonchev–Trinajstić information content (AvgIpc) is 2.69. The molecule has 2 nitrogen and oxygen atoms in total. The molecule has 0 radical (unpaired) electrons. The highest BCUT2D eigenvalue weighted by Gasteiger charge is 2.26. The van der Waals surface area contributed by atoms with Crippen molar-refractivity contribution in [3.05, 3.63) is 35.6 Å². The summed E-state index contributed by atoms with van der Waals surface area (Å²) in [4.78, 5) is 2.40. The minimum Gasteiger partial charge on any atom is -0.327 e. The van der Waals surface area contributed by atoms with Gasteiger partial charge in [-0.15, -0.1) is 0 Å². The van der Waals surface area contributed by atoms with E-state index >= 15 is 0 Å². The van der Waals surface area contributed by atoms with E-state index in [-0.39, 0.29) is 11.9 Å². The molecule has 1 saturated heterocycles. The van der Waals surface area contributed by atoms with Crippen LogP contribution in [0.25, 0.3) is 0 Å². The van der Waals surface area contributed by atoms with Crippen molar-refractivity contribution < 1.29 is 4.39 Å². The van der Waals surface area contributed by atoms with Crippen LogP contribution in [0.3, 0.4) is 0 Å². The highest BCUT2D eigenvalue weighted by molar-refractivity contribution is 5.16. The molecule has 1 aliphatic heterocycles. The molecule has 0 saturated carbocycles. The molecule has 0 amide bonds. The van der Waals surface area contributed by atoms with Crippen molar-refractivity contribution in [2.24, 2.45) is 5.73 Å². The van der Waals surface area contributed by atoms with E-state index in [0.717, 1.165) is 18.7 Å². The Balaban J connectivity index is 2.01. The SMILES string of the molecule is CC(N)[C@H]1CCCN1Cc1ccc(F)cc1. The van der Waals surface area contributed by atoms with Gasteiger partial charge in [-0.2, -0.15) is 0 Å². The quantitative estimate of drug-likeness (QED) is 0.849. The van der Waals surface area contributed by atoms with Crippen LogP contribution in [0.1, 0.15) is 25.3 Å². The first kappa shape index (κ1) is 11.6. The highest BCUT2D eigenvalue weighted by atomic mass is 19.1. The van der Waals surface area contributed by atoms with Gasteiger partial charge in [-0.3, -0.25) is 4.90 Å². The largest absolute Gasteiger partial charge is 0.327 e. The molecule has 3 heteroatoms. The van der Waals surface area contributed by atoms with E-state index in [1.165, 1.54) is 25.0 Å². The van der Waals surface area contributed by atoms with E-state index in [1.54, 1.807) is 0 Å². The average molecular weight is 222 g/mol. The molecule has 0 spiro atoms. The van der Waals surface area contributed by atoms with Gasteiger partial charge in [0.1, 0.15) is 5.82 Å². The Labute approximate surface area is 96.2 Å². The third kappa shape index (κ3) is 2.60. The molecule has 1 heterocycles. The Bertz CT molecular complexity index is 334. The van der Waals surface area contributed by atoms with Crippen LogP contribution in [0.2, 0.25) is 0 Å². The molecular formula is C13H19FN2. The number of likely N-dealkylation sites (tertiary alicyclic amines) is 1. The Hall–Kier alpha value is -0.930. The zero-order valence-electron chi connectivity index (χ0n) is 9.70. The van der Waals surface area contributed by atoms with Crippen molar-refractivity contribution in [1.29, 1.82) is 0 Å². The fraction of sp³-hybridized carbons (Fsp3) is 0.538. The first-order chi connectivity index (χ1) is 7.66. The Kier molecular flexibility index (Phi) is 3.56. The van der Waals surface area contributed by atoms with E-state index in [4.69, 9.17) is 5.73 Å². The van der Waals surface area contributed by atoms with Gasteiger partial charge in [0.05, 0.1) is 0 Å². The zero-order valence-corrected chi connectivity index (χ0v) is 9.70. The summed E-state index contributed by atoms with van der Waals surface area (Å²) in [6.07, 6.45) is 2.40. The van der Waals surface area contributed by atoms with Crippen LogP contribution in [-0.4, -0.2) is 23.5 Å². The van der Waals surface area contributed by atoms with Gasteiger partial charge in [-0.1, -0.05) is 12.1 Å². The van der Waals surface area contributed by atoms with Gasteiger partial charge in [0, 0.05) is 18.6 Å². The predicted octanol–water partition coefficient (Wildman–Crippen LogP) is 2.14. The van der Waals surface area contributed by atoms with Crippen molar-refractivity contribution in [3.63, 3.8) is 0 Å². The van der Waals surface area contributed by atoms with Crippen molar-refractivity contribution >= 4 is 0 Å². The second-order valence-corrected chi connectivity index (χ2v) is 4.67. The van der Waals surface area contributed by atoms with E-state index in [0.29, 0.717) is 6.04 Å². The number of hydrogen-bond donors (Lipinski definition) is 1. The van der Waals surface area contributed by atoms with Gasteiger partial charge in [-0.25, -0.2) is 4.39 Å². The van der Waals surface area contributed by atoms with E-state index in [9.17, 15) is 4.39 Å². The summed E-state index contributed by atoms with van der Waals surface area (Å²) in [5.41, 5.74) is 7.13. The lowest BCUT2D eigenvalue weighted by Crippen LogP contribution is -2.41. The fourth-order valence-electron chi connectivity index (χ4n) is 2.47. The highest BCUT2D eigenvalue weighted by Crippen LogP contribution is 2.21. The first-order valence-electron chi connectivity index (χ1n) is 5.91. The number of hydrogen-bond acceptors (Lipinski definition) is 2. The normalized spacial score (nSPS) is 23.6. The Morgan fingerprint density at radius 1 is 1.44 bits per heavy atom. The van der Waals surface area contributed by atoms with Crippen molar-refractivity contribution in [2.45, 2.75) is 38.4 Å². The molecule has 16 heavy (non-hydrogen) atoms. The predicted molar refractivity (Wildman–Crippen MR) is 63.5 cm³/mol. The summed E-state index contributed by atoms with van der Waals surface area (Å²) in [7, 11) is 0. The molecule has 88 valence electrons. The minimum absolute atomic E-state index is 0.172. The van der Waals surface area contributed by atoms with Crippen LogP contribution in [-0.2, 0) is 6.54 Å². The molecule has 0 bridgehead atoms. The zero-order chi connectivity index (χ0) is 11.5. The van der Waals surface area contributed by atoms with E-state index < -0.39 is 0 Å². The lowest BCUT2D eigenvalue weighted by Gasteiger charge is -2.27. The smallest absolute Gasteiger partial charge is 0.123 e. The lowest BCUT2D eigenvalue weighted by atomic mass is 10.1. The van der Waals surface area contributed by atoms with Crippen molar-refractivity contribution in [2.75, 3.05) is 6.54 Å². The second-order valence-electron chi connectivity index (χ2n) is 4.67. The van der Waals surface area contributed by atoms with Gasteiger partial charge in [-0.05, 0) is 44.0 Å². The van der Waals surface area contributed by atoms with Gasteiger partial charge in [0.25, 0.3) is 0 Å². The van der Waals surface area contributed by atoms with Gasteiger partial charge >= 0.3 is 0 Å². The molecule has 1 aliphatic rings. The van der Waals surface area contributed by atoms with Crippen LogP contribution in [0, 0.1) is 5.82 Å². The summed E-state index contributed by atoms with van der Waals surface area (Å²) >= 11 is 0. The topological polar surface area (TPSA) is 29.3 Å². The molecule has 0 aromatic heterocycles. The lowest BCUT2D eigenvalue weighted by molar-refractivity contribution is 0.222. The van der Waals surface area contributed by atoms with Crippen LogP contribution in [0.5, 0.6) is 0 Å². The summed E-state index contributed by atoms with van der Waals surface area (Å²) in [6.45, 7) is 4.05. The maximum absolute atomic E-state index is 12.8. The monoisotopic (exact) mass is 222 g/mol. The van der Waals surface area contributed by atoms with Crippen LogP contribution in [0.4, 0.5) is 4.39 Å². The standard InChI is InChI=1S/C13H19FN2/c1-10(15)13-3-2-8-16(13)9-11-4-6-12(14)7-5-11/h4-7,10,13H,2-3,8-9,15H2,1H3/t10?,13-/m1/s1. The number of nitrogens with zero attached hydrogens (tertiary/aromatic N) is 1. The molecular weight excluding hydrogens is 203 g/mol. The Morgan fingerprint density at radius 2 is 2.12 bits per heavy atom. The second kappa shape index (κ2) is 4.93. The van der Waals surface area contributed by atoms with Gasteiger partial charge in [0.2, 0.25) is 0 Å². The Morgan fingerprint density at radius 3 is 2.75 bits per heavy atom. The fourth-order valence-corrected chi connectivity index (χ4v) is 2.47. The maximum Gasteiger partial charge on any atom is 0.123 e. The molecule has 1 fully saturated rings. The van der Waals surface area contributed by atoms with Gasteiger partial charge in [0.15, 0.2) is 0 Å². The molecule has 2 rings (SSSR count). The number of benzene rings is 1. The van der Waals surface area contributed by atoms with Crippen LogP contribution in [0.15, 0.2) is 24.3 Å². The first-order valence-corrected chi connectivity index (χ1v) is 5.91. The van der Waals surface area contributed by atoms with Crippen molar-refractivity contribution in [1.82, 2.24) is 4.90 Å². The summed E-state index contributed by atoms with van der Waals surface area (Å²) < 4.78 is 12.8. The third-order valence-corrected chi connectivity index (χ3v) is 3.32. The van der Waals surface area contributed by atoms with Crippen LogP contribution >= 0.6 is 0 Å². The van der Waals surface area contributed by atoms with Crippen molar-refractivity contribution in [3.8, 4) is 0 Å². The van der Waals surface area contributed by atoms with Crippen LogP contribution < -0.4 is 5.73 Å². The number of rotatable bonds is 3. The molecule has 0 aliphatic carbocycles. The molecule has 2 atom stereocenters. The van der Waals surface area contributed by atoms with E-state index in [1.807, 2.05) is 12.1 Å². The summed E-state index contributed by atoms with van der Waals surface area (Å²) in [6, 6.07) is 7.43. The van der Waals surface area contributed by atoms with E-state index in [2.05, 4.69) is 11.8 Å². The summed E-state index contributed by atoms with van der Waals surface area (Å²) in [5, 5.41) is 0.